The van der Waals surface area contributed by atoms with E-state index in [2.05, 4.69) is 16.2 Å². The molecule has 5 rings (SSSR count). The molecular weight excluding hydrogens is 427 g/mol. The molecule has 1 N–H and O–H groups in total. The van der Waals surface area contributed by atoms with Crippen LogP contribution < -0.4 is 0 Å². The number of aromatic nitrogens is 2. The lowest BCUT2D eigenvalue weighted by Crippen LogP contribution is -2.47. The molecule has 0 radical (unpaired) electrons. The van der Waals surface area contributed by atoms with Crippen molar-refractivity contribution in [3.05, 3.63) is 18.0 Å². The molecule has 1 amide bonds. The molecule has 0 aromatic carbocycles. The third-order valence-electron chi connectivity index (χ3n) is 6.94. The Morgan fingerprint density at radius 2 is 1.97 bits per heavy atom. The Kier molecular flexibility index (Phi) is 5.81. The van der Waals surface area contributed by atoms with Gasteiger partial charge in [-0.3, -0.25) is 24.3 Å². The predicted octanol–water partition coefficient (Wildman–Crippen LogP) is 2.30. The van der Waals surface area contributed by atoms with Crippen LogP contribution in [0.1, 0.15) is 38.2 Å². The van der Waals surface area contributed by atoms with Crippen LogP contribution in [0.5, 0.6) is 0 Å². The number of rotatable bonds is 4. The second kappa shape index (κ2) is 8.17. The normalized spacial score (nSPS) is 29.8. The maximum atomic E-state index is 13.3. The van der Waals surface area contributed by atoms with Crippen LogP contribution in [-0.4, -0.2) is 73.7 Å². The molecule has 0 unspecified atom stereocenters. The molecule has 3 fully saturated rings. The highest BCUT2D eigenvalue weighted by Gasteiger charge is 2.60. The van der Waals surface area contributed by atoms with Gasteiger partial charge in [-0.05, 0) is 44.4 Å². The average Bonchev–Trinajstić information content (AvgIpc) is 3.01. The number of aliphatic imine (C=N–C) groups is 1. The number of carbonyl (C=O) groups excluding carboxylic acids is 1. The number of carboxylic acids is 1. The highest BCUT2D eigenvalue weighted by molar-refractivity contribution is 6.07. The summed E-state index contributed by atoms with van der Waals surface area (Å²) in [6.45, 7) is 5.93. The van der Waals surface area contributed by atoms with Crippen LogP contribution in [0.4, 0.5) is 13.2 Å². The Hall–Kier alpha value is -2.43. The lowest BCUT2D eigenvalue weighted by molar-refractivity contribution is -0.192. The van der Waals surface area contributed by atoms with Crippen molar-refractivity contribution in [3.63, 3.8) is 0 Å². The second-order valence-electron chi connectivity index (χ2n) is 9.37. The van der Waals surface area contributed by atoms with Crippen LogP contribution in [0, 0.1) is 17.8 Å². The molecule has 1 saturated heterocycles. The van der Waals surface area contributed by atoms with Crippen molar-refractivity contribution in [2.45, 2.75) is 50.9 Å². The van der Waals surface area contributed by atoms with Gasteiger partial charge in [-0.1, -0.05) is 0 Å². The molecule has 0 bridgehead atoms. The van der Waals surface area contributed by atoms with Crippen molar-refractivity contribution in [2.75, 3.05) is 19.6 Å². The first-order valence-electron chi connectivity index (χ1n) is 10.9. The van der Waals surface area contributed by atoms with E-state index in [1.807, 2.05) is 29.7 Å². The maximum absolute atomic E-state index is 13.3. The monoisotopic (exact) mass is 455 g/mol. The predicted molar refractivity (Wildman–Crippen MR) is 109 cm³/mol. The highest BCUT2D eigenvalue weighted by Crippen LogP contribution is 2.50. The molecule has 1 aromatic heterocycles. The SMILES string of the molecule is CC1=N[C@@]2(CC[C@@H]3CN(Cc4cnn(C)c4)C[C@@H]32)C(=O)N1CC1CC1.O=C(O)C(F)(F)F. The molecule has 176 valence electrons. The van der Waals surface area contributed by atoms with E-state index in [1.54, 1.807) is 0 Å². The van der Waals surface area contributed by atoms with Gasteiger partial charge in [0.2, 0.25) is 0 Å². The van der Waals surface area contributed by atoms with Crippen LogP contribution in [0.25, 0.3) is 0 Å². The number of amidine groups is 1. The third-order valence-corrected chi connectivity index (χ3v) is 6.94. The summed E-state index contributed by atoms with van der Waals surface area (Å²) in [6, 6.07) is 0. The van der Waals surface area contributed by atoms with Gasteiger partial charge < -0.3 is 5.11 Å². The van der Waals surface area contributed by atoms with E-state index in [4.69, 9.17) is 14.9 Å². The number of amides is 1. The molecule has 8 nitrogen and oxygen atoms in total. The van der Waals surface area contributed by atoms with E-state index in [9.17, 15) is 18.0 Å². The van der Waals surface area contributed by atoms with E-state index in [1.165, 1.54) is 18.4 Å². The first-order valence-corrected chi connectivity index (χ1v) is 10.9. The number of aryl methyl sites for hydroxylation is 1. The molecule has 1 aromatic rings. The molecule has 2 saturated carbocycles. The molecule has 1 spiro atoms. The fraction of sp³-hybridized carbons (Fsp3) is 0.714. The Balaban J connectivity index is 0.000000307. The lowest BCUT2D eigenvalue weighted by Gasteiger charge is -2.28. The van der Waals surface area contributed by atoms with Crippen molar-refractivity contribution < 1.29 is 27.9 Å². The molecular formula is C21H28F3N5O3. The summed E-state index contributed by atoms with van der Waals surface area (Å²) >= 11 is 0. The number of carboxylic acid groups (broad SMARTS) is 1. The van der Waals surface area contributed by atoms with E-state index in [-0.39, 0.29) is 0 Å². The Bertz CT molecular complexity index is 926. The number of alkyl halides is 3. The summed E-state index contributed by atoms with van der Waals surface area (Å²) in [4.78, 5) is 31.7. The lowest BCUT2D eigenvalue weighted by atomic mass is 9.85. The van der Waals surface area contributed by atoms with Gasteiger partial charge in [0.1, 0.15) is 11.4 Å². The smallest absolute Gasteiger partial charge is 0.475 e. The quantitative estimate of drug-likeness (QED) is 0.753. The van der Waals surface area contributed by atoms with Gasteiger partial charge in [0.15, 0.2) is 0 Å². The molecule has 32 heavy (non-hydrogen) atoms. The fourth-order valence-corrected chi connectivity index (χ4v) is 5.28. The zero-order valence-corrected chi connectivity index (χ0v) is 18.2. The summed E-state index contributed by atoms with van der Waals surface area (Å²) in [5, 5.41) is 11.4. The van der Waals surface area contributed by atoms with Crippen molar-refractivity contribution >= 4 is 17.7 Å². The molecule has 11 heteroatoms. The zero-order valence-electron chi connectivity index (χ0n) is 18.2. The summed E-state index contributed by atoms with van der Waals surface area (Å²) in [5.74, 6) is 0.212. The molecule has 4 aliphatic rings. The number of carbonyl (C=O) groups is 2. The number of aliphatic carboxylic acids is 1. The molecule has 2 aliphatic heterocycles. The van der Waals surface area contributed by atoms with Crippen molar-refractivity contribution in [1.29, 1.82) is 0 Å². The van der Waals surface area contributed by atoms with Crippen LogP contribution >= 0.6 is 0 Å². The van der Waals surface area contributed by atoms with Crippen molar-refractivity contribution in [3.8, 4) is 0 Å². The van der Waals surface area contributed by atoms with Gasteiger partial charge in [0.05, 0.1) is 6.20 Å². The minimum atomic E-state index is -5.08. The topological polar surface area (TPSA) is 91.0 Å². The van der Waals surface area contributed by atoms with Crippen LogP contribution in [0.3, 0.4) is 0 Å². The zero-order chi connectivity index (χ0) is 23.3. The minimum Gasteiger partial charge on any atom is -0.475 e. The standard InChI is InChI=1S/C19H27N5O.C2HF3O2/c1-13-21-19(18(25)24(13)10-14-3-4-14)6-5-16-11-23(12-17(16)19)9-15-7-20-22(2)8-15;3-2(4,5)1(6)7/h7-8,14,16-17H,3-6,9-12H2,1-2H3;(H,6,7)/t16-,17+,19-;/m1./s1. The number of halogens is 3. The van der Waals surface area contributed by atoms with Crippen LogP contribution in [0.2, 0.25) is 0 Å². The minimum absolute atomic E-state index is 0.299. The molecule has 3 atom stereocenters. The Labute approximate surface area is 184 Å². The van der Waals surface area contributed by atoms with Crippen LogP contribution in [0.15, 0.2) is 17.4 Å². The summed E-state index contributed by atoms with van der Waals surface area (Å²) in [6.07, 6.45) is 3.58. The third kappa shape index (κ3) is 4.39. The van der Waals surface area contributed by atoms with Crippen molar-refractivity contribution in [2.24, 2.45) is 29.8 Å². The van der Waals surface area contributed by atoms with Gasteiger partial charge in [0, 0.05) is 50.9 Å². The van der Waals surface area contributed by atoms with E-state index in [0.717, 1.165) is 44.9 Å². The first-order chi connectivity index (χ1) is 15.0. The number of hydrogen-bond acceptors (Lipinski definition) is 5. The second-order valence-corrected chi connectivity index (χ2v) is 9.37. The highest BCUT2D eigenvalue weighted by atomic mass is 19.4. The van der Waals surface area contributed by atoms with Crippen LogP contribution in [-0.2, 0) is 23.2 Å². The largest absolute Gasteiger partial charge is 0.490 e. The maximum Gasteiger partial charge on any atom is 0.490 e. The van der Waals surface area contributed by atoms with Gasteiger partial charge in [0.25, 0.3) is 5.91 Å². The molecule has 3 heterocycles. The van der Waals surface area contributed by atoms with Gasteiger partial charge in [-0.25, -0.2) is 4.79 Å². The van der Waals surface area contributed by atoms with Gasteiger partial charge in [-0.15, -0.1) is 0 Å². The number of fused-ring (bicyclic) bond motifs is 2. The van der Waals surface area contributed by atoms with E-state index in [0.29, 0.717) is 23.7 Å². The summed E-state index contributed by atoms with van der Waals surface area (Å²) < 4.78 is 33.6. The fourth-order valence-electron chi connectivity index (χ4n) is 5.28. The van der Waals surface area contributed by atoms with Gasteiger partial charge >= 0.3 is 12.1 Å². The summed E-state index contributed by atoms with van der Waals surface area (Å²) in [5.41, 5.74) is 0.803. The van der Waals surface area contributed by atoms with Crippen molar-refractivity contribution in [1.82, 2.24) is 19.6 Å². The average molecular weight is 455 g/mol. The number of hydrogen-bond donors (Lipinski definition) is 1. The Morgan fingerprint density at radius 3 is 2.53 bits per heavy atom. The Morgan fingerprint density at radius 1 is 1.28 bits per heavy atom. The number of likely N-dealkylation sites (tertiary alicyclic amines) is 1. The number of nitrogens with zero attached hydrogens (tertiary/aromatic N) is 5. The van der Waals surface area contributed by atoms with E-state index < -0.39 is 17.7 Å². The van der Waals surface area contributed by atoms with Gasteiger partial charge in [-0.2, -0.15) is 18.3 Å². The first kappa shape index (κ1) is 22.8. The summed E-state index contributed by atoms with van der Waals surface area (Å²) in [7, 11) is 1.96. The molecule has 2 aliphatic carbocycles. The van der Waals surface area contributed by atoms with E-state index >= 15 is 0 Å².